The van der Waals surface area contributed by atoms with Gasteiger partial charge in [-0.15, -0.1) is 0 Å². The first-order valence-electron chi connectivity index (χ1n) is 6.60. The van der Waals surface area contributed by atoms with E-state index in [9.17, 15) is 9.18 Å². The Hall–Kier alpha value is -2.07. The van der Waals surface area contributed by atoms with E-state index in [2.05, 4.69) is 0 Å². The Bertz CT molecular complexity index is 660. The largest absolute Gasteiger partial charge is 0.399 e. The van der Waals surface area contributed by atoms with Gasteiger partial charge >= 0.3 is 0 Å². The number of rotatable bonds is 4. The number of hydrogen-bond acceptors (Lipinski definition) is 2. The van der Waals surface area contributed by atoms with Gasteiger partial charge in [-0.1, -0.05) is 23.7 Å². The van der Waals surface area contributed by atoms with Gasteiger partial charge < -0.3 is 10.6 Å². The van der Waals surface area contributed by atoms with Crippen molar-refractivity contribution in [2.75, 3.05) is 12.3 Å². The fraction of sp³-hybridized carbons (Fsp3) is 0.188. The third-order valence-corrected chi connectivity index (χ3v) is 3.47. The monoisotopic (exact) mass is 306 g/mol. The highest BCUT2D eigenvalue weighted by Gasteiger charge is 2.16. The molecule has 0 saturated carbocycles. The molecule has 2 rings (SSSR count). The van der Waals surface area contributed by atoms with Gasteiger partial charge in [0.25, 0.3) is 5.91 Å². The van der Waals surface area contributed by atoms with E-state index in [1.54, 1.807) is 11.0 Å². The van der Waals surface area contributed by atoms with Crippen molar-refractivity contribution < 1.29 is 9.18 Å². The van der Waals surface area contributed by atoms with Gasteiger partial charge in [-0.05, 0) is 42.8 Å². The van der Waals surface area contributed by atoms with Crippen LogP contribution in [0.2, 0.25) is 5.02 Å². The molecule has 0 bridgehead atoms. The van der Waals surface area contributed by atoms with Crippen LogP contribution in [0.15, 0.2) is 42.5 Å². The van der Waals surface area contributed by atoms with Gasteiger partial charge in [-0.3, -0.25) is 4.79 Å². The summed E-state index contributed by atoms with van der Waals surface area (Å²) in [6, 6.07) is 11.4. The first-order valence-corrected chi connectivity index (χ1v) is 6.97. The van der Waals surface area contributed by atoms with E-state index in [4.69, 9.17) is 17.3 Å². The molecule has 0 aliphatic rings. The highest BCUT2D eigenvalue weighted by molar-refractivity contribution is 6.30. The molecule has 0 unspecified atom stereocenters. The second-order valence-electron chi connectivity index (χ2n) is 4.69. The van der Waals surface area contributed by atoms with E-state index >= 15 is 0 Å². The van der Waals surface area contributed by atoms with Crippen LogP contribution in [-0.4, -0.2) is 17.4 Å². The molecule has 0 aliphatic heterocycles. The van der Waals surface area contributed by atoms with Crippen molar-refractivity contribution in [1.82, 2.24) is 4.90 Å². The van der Waals surface area contributed by atoms with Crippen molar-refractivity contribution in [3.05, 3.63) is 64.4 Å². The minimum atomic E-state index is -0.595. The number of anilines is 1. The topological polar surface area (TPSA) is 46.3 Å². The average molecular weight is 307 g/mol. The number of nitrogens with two attached hydrogens (primary N) is 1. The Morgan fingerprint density at radius 2 is 2.05 bits per heavy atom. The number of halogens is 2. The molecule has 0 fully saturated rings. The molecule has 21 heavy (non-hydrogen) atoms. The van der Waals surface area contributed by atoms with E-state index in [-0.39, 0.29) is 16.5 Å². The van der Waals surface area contributed by atoms with Crippen LogP contribution in [-0.2, 0) is 6.54 Å². The van der Waals surface area contributed by atoms with Crippen molar-refractivity contribution in [2.45, 2.75) is 13.5 Å². The third-order valence-electron chi connectivity index (χ3n) is 3.16. The SMILES string of the molecule is CCN(Cc1cccc(N)c1)C(=O)c1ccc(Cl)c(F)c1. The molecule has 3 nitrogen and oxygen atoms in total. The zero-order chi connectivity index (χ0) is 15.4. The van der Waals surface area contributed by atoms with Crippen LogP contribution in [0.4, 0.5) is 10.1 Å². The Morgan fingerprint density at radius 1 is 1.29 bits per heavy atom. The lowest BCUT2D eigenvalue weighted by atomic mass is 10.1. The summed E-state index contributed by atoms with van der Waals surface area (Å²) in [5, 5.41) is 0.00503. The molecule has 2 N–H and O–H groups in total. The van der Waals surface area contributed by atoms with Crippen LogP contribution in [0, 0.1) is 5.82 Å². The fourth-order valence-electron chi connectivity index (χ4n) is 2.05. The smallest absolute Gasteiger partial charge is 0.254 e. The maximum Gasteiger partial charge on any atom is 0.254 e. The lowest BCUT2D eigenvalue weighted by Gasteiger charge is -2.21. The first kappa shape index (κ1) is 15.3. The van der Waals surface area contributed by atoms with Gasteiger partial charge in [-0.2, -0.15) is 0 Å². The molecule has 0 spiro atoms. The van der Waals surface area contributed by atoms with Crippen molar-refractivity contribution >= 4 is 23.2 Å². The van der Waals surface area contributed by atoms with Crippen LogP contribution in [0.25, 0.3) is 0 Å². The summed E-state index contributed by atoms with van der Waals surface area (Å²) in [5.41, 5.74) is 7.59. The third kappa shape index (κ3) is 3.73. The zero-order valence-electron chi connectivity index (χ0n) is 11.6. The van der Waals surface area contributed by atoms with Gasteiger partial charge in [0.2, 0.25) is 0 Å². The quantitative estimate of drug-likeness (QED) is 0.875. The summed E-state index contributed by atoms with van der Waals surface area (Å²) in [6.07, 6.45) is 0. The fourth-order valence-corrected chi connectivity index (χ4v) is 2.17. The number of carbonyl (C=O) groups is 1. The number of nitrogen functional groups attached to an aromatic ring is 1. The summed E-state index contributed by atoms with van der Waals surface area (Å²) in [4.78, 5) is 14.0. The molecule has 0 radical (unpaired) electrons. The van der Waals surface area contributed by atoms with Gasteiger partial charge in [0.05, 0.1) is 5.02 Å². The van der Waals surface area contributed by atoms with Crippen molar-refractivity contribution in [3.8, 4) is 0 Å². The van der Waals surface area contributed by atoms with Crippen LogP contribution in [0.1, 0.15) is 22.8 Å². The van der Waals surface area contributed by atoms with E-state index < -0.39 is 5.82 Å². The number of hydrogen-bond donors (Lipinski definition) is 1. The minimum Gasteiger partial charge on any atom is -0.399 e. The van der Waals surface area contributed by atoms with Crippen molar-refractivity contribution in [3.63, 3.8) is 0 Å². The molecule has 0 saturated heterocycles. The molecule has 1 amide bonds. The molecule has 0 atom stereocenters. The summed E-state index contributed by atoms with van der Waals surface area (Å²) in [5.74, 6) is -0.835. The molecular weight excluding hydrogens is 291 g/mol. The molecule has 2 aromatic rings. The maximum absolute atomic E-state index is 13.5. The minimum absolute atomic E-state index is 0.00503. The second-order valence-corrected chi connectivity index (χ2v) is 5.10. The second kappa shape index (κ2) is 6.59. The van der Waals surface area contributed by atoms with Gasteiger partial charge in [0.1, 0.15) is 5.82 Å². The Morgan fingerprint density at radius 3 is 2.67 bits per heavy atom. The molecule has 5 heteroatoms. The lowest BCUT2D eigenvalue weighted by Crippen LogP contribution is -2.30. The molecule has 2 aromatic carbocycles. The highest BCUT2D eigenvalue weighted by Crippen LogP contribution is 2.18. The van der Waals surface area contributed by atoms with E-state index in [1.165, 1.54) is 12.1 Å². The van der Waals surface area contributed by atoms with Gasteiger partial charge in [-0.25, -0.2) is 4.39 Å². The van der Waals surface area contributed by atoms with Crippen LogP contribution < -0.4 is 5.73 Å². The van der Waals surface area contributed by atoms with E-state index in [1.807, 2.05) is 25.1 Å². The lowest BCUT2D eigenvalue weighted by molar-refractivity contribution is 0.0752. The standard InChI is InChI=1S/C16H16ClFN2O/c1-2-20(10-11-4-3-5-13(19)8-11)16(21)12-6-7-14(17)15(18)9-12/h3-9H,2,10,19H2,1H3. The molecule has 110 valence electrons. The molecule has 0 heterocycles. The predicted octanol–water partition coefficient (Wildman–Crippen LogP) is 3.72. The first-order chi connectivity index (χ1) is 10.0. The summed E-state index contributed by atoms with van der Waals surface area (Å²) >= 11 is 5.63. The van der Waals surface area contributed by atoms with Gasteiger partial charge in [0.15, 0.2) is 0 Å². The Balaban J connectivity index is 2.20. The van der Waals surface area contributed by atoms with E-state index in [0.717, 1.165) is 11.6 Å². The molecule has 0 aliphatic carbocycles. The number of carbonyl (C=O) groups excluding carboxylic acids is 1. The van der Waals surface area contributed by atoms with Crippen LogP contribution >= 0.6 is 11.6 Å². The van der Waals surface area contributed by atoms with Crippen molar-refractivity contribution in [2.24, 2.45) is 0 Å². The number of amides is 1. The Kier molecular flexibility index (Phi) is 4.81. The molecule has 0 aromatic heterocycles. The summed E-state index contributed by atoms with van der Waals surface area (Å²) in [6.45, 7) is 2.80. The van der Waals surface area contributed by atoms with Crippen molar-refractivity contribution in [1.29, 1.82) is 0 Å². The number of nitrogens with zero attached hydrogens (tertiary/aromatic N) is 1. The maximum atomic E-state index is 13.5. The predicted molar refractivity (Wildman–Crippen MR) is 82.7 cm³/mol. The van der Waals surface area contributed by atoms with Crippen LogP contribution in [0.3, 0.4) is 0 Å². The van der Waals surface area contributed by atoms with Crippen LogP contribution in [0.5, 0.6) is 0 Å². The highest BCUT2D eigenvalue weighted by atomic mass is 35.5. The molecular formula is C16H16ClFN2O. The van der Waals surface area contributed by atoms with E-state index in [0.29, 0.717) is 18.8 Å². The zero-order valence-corrected chi connectivity index (χ0v) is 12.4. The summed E-state index contributed by atoms with van der Waals surface area (Å²) < 4.78 is 13.5. The normalized spacial score (nSPS) is 10.4. The van der Waals surface area contributed by atoms with Gasteiger partial charge in [0, 0.05) is 24.3 Å². The summed E-state index contributed by atoms with van der Waals surface area (Å²) in [7, 11) is 0. The average Bonchev–Trinajstić information content (AvgIpc) is 2.47. The number of benzene rings is 2. The Labute approximate surface area is 128 Å².